The summed E-state index contributed by atoms with van der Waals surface area (Å²) < 4.78 is 0. The van der Waals surface area contributed by atoms with Crippen LogP contribution < -0.4 is 0 Å². The Balaban J connectivity index is 1.95. The third kappa shape index (κ3) is 2.72. The lowest BCUT2D eigenvalue weighted by Gasteiger charge is -2.02. The Morgan fingerprint density at radius 2 is 2.33 bits per heavy atom. The second-order valence-corrected chi connectivity index (χ2v) is 4.72. The molecule has 1 aliphatic carbocycles. The monoisotopic (exact) mass is 223 g/mol. The van der Waals surface area contributed by atoms with Crippen LogP contribution >= 0.6 is 11.8 Å². The summed E-state index contributed by atoms with van der Waals surface area (Å²) in [5.74, 6) is -0.148. The molecule has 0 unspecified atom stereocenters. The van der Waals surface area contributed by atoms with Gasteiger partial charge in [0.05, 0.1) is 11.4 Å². The summed E-state index contributed by atoms with van der Waals surface area (Å²) in [5, 5.41) is 9.47. The van der Waals surface area contributed by atoms with Crippen molar-refractivity contribution in [2.45, 2.75) is 30.7 Å². The summed E-state index contributed by atoms with van der Waals surface area (Å²) in [6.45, 7) is 0. The van der Waals surface area contributed by atoms with Crippen molar-refractivity contribution in [1.82, 2.24) is 4.98 Å². The van der Waals surface area contributed by atoms with Crippen LogP contribution in [0.25, 0.3) is 0 Å². The second kappa shape index (κ2) is 4.66. The molecular formula is C11H13NO2S. The summed E-state index contributed by atoms with van der Waals surface area (Å²) >= 11 is 1.52. The number of carboxylic acid groups (broad SMARTS) is 1. The lowest BCUT2D eigenvalue weighted by atomic mass is 10.2. The SMILES string of the molecule is O=C(O)CCSc1ccc2c(n1)CCC2. The van der Waals surface area contributed by atoms with E-state index in [1.54, 1.807) is 0 Å². The summed E-state index contributed by atoms with van der Waals surface area (Å²) in [7, 11) is 0. The quantitative estimate of drug-likeness (QED) is 0.794. The fourth-order valence-corrected chi connectivity index (χ4v) is 2.55. The van der Waals surface area contributed by atoms with Gasteiger partial charge in [-0.2, -0.15) is 0 Å². The van der Waals surface area contributed by atoms with Gasteiger partial charge in [0.15, 0.2) is 0 Å². The minimum atomic E-state index is -0.747. The van der Waals surface area contributed by atoms with E-state index in [4.69, 9.17) is 5.11 Å². The first-order valence-electron chi connectivity index (χ1n) is 5.09. The molecule has 0 bridgehead atoms. The topological polar surface area (TPSA) is 50.2 Å². The third-order valence-corrected chi connectivity index (χ3v) is 3.40. The average molecular weight is 223 g/mol. The molecule has 3 nitrogen and oxygen atoms in total. The van der Waals surface area contributed by atoms with E-state index in [-0.39, 0.29) is 6.42 Å². The Hall–Kier alpha value is -1.03. The van der Waals surface area contributed by atoms with E-state index in [0.29, 0.717) is 5.75 Å². The fraction of sp³-hybridized carbons (Fsp3) is 0.455. The van der Waals surface area contributed by atoms with Crippen LogP contribution in [0.4, 0.5) is 0 Å². The number of fused-ring (bicyclic) bond motifs is 1. The highest BCUT2D eigenvalue weighted by atomic mass is 32.2. The first-order chi connectivity index (χ1) is 7.25. The molecule has 1 aliphatic rings. The number of carboxylic acids is 1. The maximum atomic E-state index is 10.3. The minimum Gasteiger partial charge on any atom is -0.481 e. The van der Waals surface area contributed by atoms with E-state index in [1.165, 1.54) is 29.4 Å². The molecule has 0 saturated heterocycles. The van der Waals surface area contributed by atoms with Gasteiger partial charge in [0.1, 0.15) is 0 Å². The van der Waals surface area contributed by atoms with Crippen LogP contribution in [-0.4, -0.2) is 21.8 Å². The number of hydrogen-bond donors (Lipinski definition) is 1. The molecule has 0 saturated carbocycles. The molecule has 80 valence electrons. The third-order valence-electron chi connectivity index (χ3n) is 2.47. The van der Waals surface area contributed by atoms with Crippen LogP contribution in [0.5, 0.6) is 0 Å². The van der Waals surface area contributed by atoms with Crippen LogP contribution in [0.3, 0.4) is 0 Å². The van der Waals surface area contributed by atoms with E-state index in [0.717, 1.165) is 17.9 Å². The highest BCUT2D eigenvalue weighted by Crippen LogP contribution is 2.24. The lowest BCUT2D eigenvalue weighted by Crippen LogP contribution is -1.97. The zero-order valence-electron chi connectivity index (χ0n) is 8.40. The molecule has 1 N–H and O–H groups in total. The summed E-state index contributed by atoms with van der Waals surface area (Å²) in [6.07, 6.45) is 3.61. The summed E-state index contributed by atoms with van der Waals surface area (Å²) in [5.41, 5.74) is 2.56. The molecule has 0 spiro atoms. The molecular weight excluding hydrogens is 210 g/mol. The van der Waals surface area contributed by atoms with Crippen molar-refractivity contribution in [3.05, 3.63) is 23.4 Å². The first-order valence-corrected chi connectivity index (χ1v) is 6.07. The van der Waals surface area contributed by atoms with Gasteiger partial charge in [0, 0.05) is 11.4 Å². The van der Waals surface area contributed by atoms with E-state index < -0.39 is 5.97 Å². The molecule has 0 aliphatic heterocycles. The Morgan fingerprint density at radius 3 is 3.13 bits per heavy atom. The van der Waals surface area contributed by atoms with Crippen LogP contribution in [0.1, 0.15) is 24.1 Å². The number of carbonyl (C=O) groups is 1. The molecule has 1 aromatic rings. The minimum absolute atomic E-state index is 0.198. The van der Waals surface area contributed by atoms with Crippen molar-refractivity contribution in [2.24, 2.45) is 0 Å². The van der Waals surface area contributed by atoms with Gasteiger partial charge in [-0.3, -0.25) is 4.79 Å². The predicted molar refractivity (Wildman–Crippen MR) is 59.2 cm³/mol. The van der Waals surface area contributed by atoms with Crippen LogP contribution in [0, 0.1) is 0 Å². The summed E-state index contributed by atoms with van der Waals surface area (Å²) in [4.78, 5) is 14.9. The number of aromatic nitrogens is 1. The molecule has 0 atom stereocenters. The zero-order valence-corrected chi connectivity index (χ0v) is 9.22. The maximum Gasteiger partial charge on any atom is 0.304 e. The molecule has 1 aromatic heterocycles. The van der Waals surface area contributed by atoms with Crippen molar-refractivity contribution in [3.63, 3.8) is 0 Å². The molecule has 2 rings (SSSR count). The van der Waals surface area contributed by atoms with Gasteiger partial charge in [0.2, 0.25) is 0 Å². The largest absolute Gasteiger partial charge is 0.481 e. The highest BCUT2D eigenvalue weighted by molar-refractivity contribution is 7.99. The van der Waals surface area contributed by atoms with E-state index in [9.17, 15) is 4.79 Å². The van der Waals surface area contributed by atoms with Crippen LogP contribution in [0.2, 0.25) is 0 Å². The molecule has 4 heteroatoms. The molecule has 15 heavy (non-hydrogen) atoms. The smallest absolute Gasteiger partial charge is 0.304 e. The van der Waals surface area contributed by atoms with E-state index in [2.05, 4.69) is 11.1 Å². The van der Waals surface area contributed by atoms with Crippen molar-refractivity contribution in [1.29, 1.82) is 0 Å². The number of hydrogen-bond acceptors (Lipinski definition) is 3. The molecule has 1 heterocycles. The Bertz CT molecular complexity index is 379. The van der Waals surface area contributed by atoms with Crippen molar-refractivity contribution < 1.29 is 9.90 Å². The number of aryl methyl sites for hydroxylation is 2. The van der Waals surface area contributed by atoms with Gasteiger partial charge < -0.3 is 5.11 Å². The molecule has 0 amide bonds. The number of pyridine rings is 1. The normalized spacial score (nSPS) is 13.9. The van der Waals surface area contributed by atoms with Gasteiger partial charge in [-0.1, -0.05) is 6.07 Å². The van der Waals surface area contributed by atoms with E-state index >= 15 is 0 Å². The lowest BCUT2D eigenvalue weighted by molar-refractivity contribution is -0.136. The van der Waals surface area contributed by atoms with Gasteiger partial charge in [0.25, 0.3) is 0 Å². The predicted octanol–water partition coefficient (Wildman–Crippen LogP) is 2.14. The second-order valence-electron chi connectivity index (χ2n) is 3.60. The van der Waals surface area contributed by atoms with Crippen LogP contribution in [-0.2, 0) is 17.6 Å². The van der Waals surface area contributed by atoms with Crippen molar-refractivity contribution in [2.75, 3.05) is 5.75 Å². The number of rotatable bonds is 4. The fourth-order valence-electron chi connectivity index (χ4n) is 1.72. The average Bonchev–Trinajstić information content (AvgIpc) is 2.64. The Labute approximate surface area is 92.9 Å². The Morgan fingerprint density at radius 1 is 1.47 bits per heavy atom. The van der Waals surface area contributed by atoms with Gasteiger partial charge in [-0.15, -0.1) is 11.8 Å². The zero-order chi connectivity index (χ0) is 10.7. The first kappa shape index (κ1) is 10.5. The number of thioether (sulfide) groups is 1. The Kier molecular flexibility index (Phi) is 3.26. The van der Waals surface area contributed by atoms with Gasteiger partial charge in [-0.25, -0.2) is 4.98 Å². The molecule has 0 fully saturated rings. The van der Waals surface area contributed by atoms with E-state index in [1.807, 2.05) is 6.07 Å². The van der Waals surface area contributed by atoms with Crippen molar-refractivity contribution in [3.8, 4) is 0 Å². The number of aliphatic carboxylic acids is 1. The van der Waals surface area contributed by atoms with Gasteiger partial charge >= 0.3 is 5.97 Å². The summed E-state index contributed by atoms with van der Waals surface area (Å²) in [6, 6.07) is 4.12. The highest BCUT2D eigenvalue weighted by Gasteiger charge is 2.12. The molecule has 0 radical (unpaired) electrons. The molecule has 0 aromatic carbocycles. The number of nitrogens with zero attached hydrogens (tertiary/aromatic N) is 1. The standard InChI is InChI=1S/C11H13NO2S/c13-11(14)6-7-15-10-5-4-8-2-1-3-9(8)12-10/h4-5H,1-3,6-7H2,(H,13,14). The van der Waals surface area contributed by atoms with Crippen molar-refractivity contribution >= 4 is 17.7 Å². The van der Waals surface area contributed by atoms with Crippen LogP contribution in [0.15, 0.2) is 17.2 Å². The maximum absolute atomic E-state index is 10.3. The van der Waals surface area contributed by atoms with Gasteiger partial charge in [-0.05, 0) is 30.9 Å².